The van der Waals surface area contributed by atoms with Crippen molar-refractivity contribution in [2.24, 2.45) is 11.5 Å². The molecular formula is C10H16N2O2. The van der Waals surface area contributed by atoms with Crippen LogP contribution in [0, 0.1) is 0 Å². The second kappa shape index (κ2) is 4.69. The third-order valence-electron chi connectivity index (χ3n) is 2.17. The summed E-state index contributed by atoms with van der Waals surface area (Å²) in [6, 6.07) is 0. The molecular weight excluding hydrogens is 180 g/mol. The van der Waals surface area contributed by atoms with Crippen molar-refractivity contribution in [2.45, 2.75) is 26.2 Å². The van der Waals surface area contributed by atoms with Gasteiger partial charge >= 0.3 is 5.97 Å². The fourth-order valence-electron chi connectivity index (χ4n) is 1.35. The molecule has 0 atom stereocenters. The first-order valence-electron chi connectivity index (χ1n) is 4.66. The van der Waals surface area contributed by atoms with Crippen LogP contribution >= 0.6 is 0 Å². The van der Waals surface area contributed by atoms with E-state index in [2.05, 4.69) is 0 Å². The number of carbonyl (C=O) groups excluding carboxylic acids is 1. The Morgan fingerprint density at radius 2 is 2.21 bits per heavy atom. The molecule has 0 aromatic carbocycles. The third kappa shape index (κ3) is 3.12. The molecule has 14 heavy (non-hydrogen) atoms. The minimum absolute atomic E-state index is 0.246. The number of hydrogen-bond acceptors (Lipinski definition) is 4. The van der Waals surface area contributed by atoms with E-state index in [1.807, 2.05) is 6.08 Å². The molecule has 4 heteroatoms. The molecule has 0 amide bonds. The summed E-state index contributed by atoms with van der Waals surface area (Å²) in [7, 11) is 0. The summed E-state index contributed by atoms with van der Waals surface area (Å²) < 4.78 is 4.84. The summed E-state index contributed by atoms with van der Waals surface area (Å²) in [4.78, 5) is 10.5. The van der Waals surface area contributed by atoms with Gasteiger partial charge in [0.25, 0.3) is 0 Å². The minimum Gasteiger partial charge on any atom is -0.466 e. The molecule has 4 nitrogen and oxygen atoms in total. The van der Waals surface area contributed by atoms with E-state index in [0.29, 0.717) is 12.3 Å². The number of allylic oxidation sites excluding steroid dienone is 2. The van der Waals surface area contributed by atoms with Gasteiger partial charge in [-0.2, -0.15) is 0 Å². The first-order chi connectivity index (χ1) is 6.59. The molecule has 0 aliphatic heterocycles. The molecule has 0 aromatic rings. The Bertz CT molecular complexity index is 292. The van der Waals surface area contributed by atoms with Crippen LogP contribution in [0.25, 0.3) is 0 Å². The zero-order valence-corrected chi connectivity index (χ0v) is 8.38. The summed E-state index contributed by atoms with van der Waals surface area (Å²) in [6.45, 7) is 1.83. The maximum Gasteiger partial charge on any atom is 0.302 e. The molecule has 78 valence electrons. The molecule has 0 fully saturated rings. The Morgan fingerprint density at radius 3 is 2.79 bits per heavy atom. The first kappa shape index (κ1) is 10.6. The average molecular weight is 196 g/mol. The van der Waals surface area contributed by atoms with Gasteiger partial charge in [-0.3, -0.25) is 4.79 Å². The van der Waals surface area contributed by atoms with Crippen LogP contribution < -0.4 is 11.5 Å². The number of rotatable bonds is 3. The van der Waals surface area contributed by atoms with Crippen molar-refractivity contribution in [3.8, 4) is 0 Å². The second-order valence-corrected chi connectivity index (χ2v) is 3.37. The monoisotopic (exact) mass is 196 g/mol. The van der Waals surface area contributed by atoms with Gasteiger partial charge in [0.15, 0.2) is 0 Å². The lowest BCUT2D eigenvalue weighted by Crippen LogP contribution is -2.13. The Kier molecular flexibility index (Phi) is 3.56. The standard InChI is InChI=1S/C10H16N2O2/c1-7(13)14-5-4-8-2-3-9(11)10(12)6-8/h6H,2-5,11-12H2,1H3. The average Bonchev–Trinajstić information content (AvgIpc) is 2.10. The molecule has 1 aliphatic carbocycles. The van der Waals surface area contributed by atoms with Gasteiger partial charge in [0.05, 0.1) is 12.3 Å². The van der Waals surface area contributed by atoms with Crippen molar-refractivity contribution < 1.29 is 9.53 Å². The normalized spacial score (nSPS) is 16.5. The van der Waals surface area contributed by atoms with Crippen LogP contribution in [0.5, 0.6) is 0 Å². The molecule has 0 aromatic heterocycles. The van der Waals surface area contributed by atoms with Crippen molar-refractivity contribution in [2.75, 3.05) is 6.61 Å². The van der Waals surface area contributed by atoms with Gasteiger partial charge in [-0.25, -0.2) is 0 Å². The predicted molar refractivity (Wildman–Crippen MR) is 54.0 cm³/mol. The van der Waals surface area contributed by atoms with Gasteiger partial charge in [-0.15, -0.1) is 0 Å². The number of nitrogens with two attached hydrogens (primary N) is 2. The Hall–Kier alpha value is -1.45. The summed E-state index contributed by atoms with van der Waals surface area (Å²) in [5.41, 5.74) is 13.9. The number of ether oxygens (including phenoxy) is 1. The lowest BCUT2D eigenvalue weighted by molar-refractivity contribution is -0.140. The highest BCUT2D eigenvalue weighted by Gasteiger charge is 2.08. The van der Waals surface area contributed by atoms with E-state index in [9.17, 15) is 4.79 Å². The molecule has 0 bridgehead atoms. The molecule has 1 rings (SSSR count). The smallest absolute Gasteiger partial charge is 0.302 e. The van der Waals surface area contributed by atoms with E-state index in [0.717, 1.165) is 25.0 Å². The molecule has 1 aliphatic rings. The predicted octanol–water partition coefficient (Wildman–Crippen LogP) is 0.789. The highest BCUT2D eigenvalue weighted by atomic mass is 16.5. The number of carbonyl (C=O) groups is 1. The van der Waals surface area contributed by atoms with E-state index in [-0.39, 0.29) is 5.97 Å². The zero-order valence-electron chi connectivity index (χ0n) is 8.38. The molecule has 4 N–H and O–H groups in total. The van der Waals surface area contributed by atoms with Crippen LogP contribution in [0.3, 0.4) is 0 Å². The largest absolute Gasteiger partial charge is 0.466 e. The quantitative estimate of drug-likeness (QED) is 0.654. The molecule has 0 radical (unpaired) electrons. The highest BCUT2D eigenvalue weighted by Crippen LogP contribution is 2.20. The maximum absolute atomic E-state index is 10.5. The van der Waals surface area contributed by atoms with E-state index < -0.39 is 0 Å². The van der Waals surface area contributed by atoms with Crippen LogP contribution in [-0.2, 0) is 9.53 Å². The number of hydrogen-bond donors (Lipinski definition) is 2. The SMILES string of the molecule is CC(=O)OCCC1=CC(N)=C(N)CC1. The van der Waals surface area contributed by atoms with Crippen LogP contribution in [0.1, 0.15) is 26.2 Å². The van der Waals surface area contributed by atoms with E-state index >= 15 is 0 Å². The van der Waals surface area contributed by atoms with Gasteiger partial charge in [0.2, 0.25) is 0 Å². The van der Waals surface area contributed by atoms with Crippen molar-refractivity contribution in [3.05, 3.63) is 23.0 Å². The van der Waals surface area contributed by atoms with Crippen LogP contribution in [-0.4, -0.2) is 12.6 Å². The van der Waals surface area contributed by atoms with Crippen molar-refractivity contribution in [3.63, 3.8) is 0 Å². The second-order valence-electron chi connectivity index (χ2n) is 3.37. The van der Waals surface area contributed by atoms with Crippen LogP contribution in [0.2, 0.25) is 0 Å². The number of esters is 1. The van der Waals surface area contributed by atoms with E-state index in [4.69, 9.17) is 16.2 Å². The van der Waals surface area contributed by atoms with E-state index in [1.165, 1.54) is 12.5 Å². The van der Waals surface area contributed by atoms with Crippen molar-refractivity contribution in [1.29, 1.82) is 0 Å². The van der Waals surface area contributed by atoms with Gasteiger partial charge < -0.3 is 16.2 Å². The van der Waals surface area contributed by atoms with Gasteiger partial charge in [-0.1, -0.05) is 5.57 Å². The minimum atomic E-state index is -0.246. The van der Waals surface area contributed by atoms with Gasteiger partial charge in [0, 0.05) is 19.0 Å². The molecule has 0 unspecified atom stereocenters. The fraction of sp³-hybridized carbons (Fsp3) is 0.500. The van der Waals surface area contributed by atoms with Gasteiger partial charge in [0.1, 0.15) is 0 Å². The first-order valence-corrected chi connectivity index (χ1v) is 4.66. The molecule has 0 saturated heterocycles. The summed E-state index contributed by atoms with van der Waals surface area (Å²) in [5, 5.41) is 0. The van der Waals surface area contributed by atoms with Crippen LogP contribution in [0.15, 0.2) is 23.0 Å². The zero-order chi connectivity index (χ0) is 10.6. The molecule has 0 heterocycles. The lowest BCUT2D eigenvalue weighted by atomic mass is 9.99. The van der Waals surface area contributed by atoms with Crippen molar-refractivity contribution >= 4 is 5.97 Å². The Labute approximate surface area is 83.6 Å². The van der Waals surface area contributed by atoms with Crippen molar-refractivity contribution in [1.82, 2.24) is 0 Å². The van der Waals surface area contributed by atoms with E-state index in [1.54, 1.807) is 0 Å². The Balaban J connectivity index is 2.40. The summed E-state index contributed by atoms with van der Waals surface area (Å²) >= 11 is 0. The Morgan fingerprint density at radius 1 is 1.50 bits per heavy atom. The summed E-state index contributed by atoms with van der Waals surface area (Å²) in [5.74, 6) is -0.246. The van der Waals surface area contributed by atoms with Crippen LogP contribution in [0.4, 0.5) is 0 Å². The molecule has 0 spiro atoms. The highest BCUT2D eigenvalue weighted by molar-refractivity contribution is 5.65. The maximum atomic E-state index is 10.5. The van der Waals surface area contributed by atoms with Gasteiger partial charge in [-0.05, 0) is 18.9 Å². The third-order valence-corrected chi connectivity index (χ3v) is 2.17. The topological polar surface area (TPSA) is 78.3 Å². The summed E-state index contributed by atoms with van der Waals surface area (Å²) in [6.07, 6.45) is 4.33. The molecule has 0 saturated carbocycles. The fourth-order valence-corrected chi connectivity index (χ4v) is 1.35. The lowest BCUT2D eigenvalue weighted by Gasteiger charge is -2.14.